The Kier molecular flexibility index (Phi) is 5.64. The van der Waals surface area contributed by atoms with Crippen molar-refractivity contribution in [3.63, 3.8) is 0 Å². The van der Waals surface area contributed by atoms with E-state index in [1.165, 1.54) is 0 Å². The number of amides is 2. The lowest BCUT2D eigenvalue weighted by Gasteiger charge is -2.37. The summed E-state index contributed by atoms with van der Waals surface area (Å²) in [6.07, 6.45) is -0.744. The highest BCUT2D eigenvalue weighted by atomic mass is 16.5. The molecule has 0 unspecified atom stereocenters. The first-order valence-corrected chi connectivity index (χ1v) is 11.2. The second kappa shape index (κ2) is 8.75. The molecule has 7 nitrogen and oxygen atoms in total. The highest BCUT2D eigenvalue weighted by Gasteiger charge is 2.36. The number of hydrogen-bond acceptors (Lipinski definition) is 4. The largest absolute Gasteiger partial charge is 0.476 e. The Morgan fingerprint density at radius 3 is 2.24 bits per heavy atom. The first-order chi connectivity index (χ1) is 16.0. The first-order valence-electron chi connectivity index (χ1n) is 11.2. The molecule has 7 heteroatoms. The fraction of sp³-hybridized carbons (Fsp3) is 0.308. The van der Waals surface area contributed by atoms with Crippen LogP contribution in [-0.4, -0.2) is 60.2 Å². The Morgan fingerprint density at radius 1 is 0.879 bits per heavy atom. The van der Waals surface area contributed by atoms with Gasteiger partial charge in [0.05, 0.1) is 25.4 Å². The Balaban J connectivity index is 1.42. The molecule has 5 rings (SSSR count). The lowest BCUT2D eigenvalue weighted by atomic mass is 10.1. The van der Waals surface area contributed by atoms with Crippen molar-refractivity contribution in [3.05, 3.63) is 77.6 Å². The number of rotatable bonds is 3. The lowest BCUT2D eigenvalue weighted by Crippen LogP contribution is -2.54. The summed E-state index contributed by atoms with van der Waals surface area (Å²) in [4.78, 5) is 30.1. The molecule has 3 heterocycles. The normalized spacial score (nSPS) is 17.9. The van der Waals surface area contributed by atoms with Gasteiger partial charge in [0.25, 0.3) is 11.8 Å². The molecule has 1 aromatic heterocycles. The van der Waals surface area contributed by atoms with E-state index < -0.39 is 6.10 Å². The summed E-state index contributed by atoms with van der Waals surface area (Å²) in [6, 6.07) is 19.1. The van der Waals surface area contributed by atoms with Crippen LogP contribution < -0.4 is 9.64 Å². The van der Waals surface area contributed by atoms with E-state index in [-0.39, 0.29) is 18.4 Å². The second-order valence-electron chi connectivity index (χ2n) is 8.43. The van der Waals surface area contributed by atoms with Crippen molar-refractivity contribution in [2.45, 2.75) is 20.0 Å². The molecule has 2 aliphatic heterocycles. The fourth-order valence-electron chi connectivity index (χ4n) is 4.53. The lowest BCUT2D eigenvalue weighted by molar-refractivity contribution is -0.142. The first kappa shape index (κ1) is 21.3. The molecule has 0 aliphatic carbocycles. The molecule has 3 aromatic rings. The van der Waals surface area contributed by atoms with E-state index in [9.17, 15) is 9.59 Å². The highest BCUT2D eigenvalue weighted by molar-refractivity contribution is 6.08. The van der Waals surface area contributed by atoms with Gasteiger partial charge in [0.15, 0.2) is 6.10 Å². The number of hydrogen-bond donors (Lipinski definition) is 0. The average molecular weight is 446 g/mol. The van der Waals surface area contributed by atoms with Crippen LogP contribution in [0.15, 0.2) is 60.7 Å². The molecular weight excluding hydrogens is 418 g/mol. The van der Waals surface area contributed by atoms with Gasteiger partial charge < -0.3 is 23.8 Å². The summed E-state index contributed by atoms with van der Waals surface area (Å²) < 4.78 is 13.5. The van der Waals surface area contributed by atoms with Crippen LogP contribution in [0.5, 0.6) is 5.75 Å². The number of benzene rings is 2. The van der Waals surface area contributed by atoms with Crippen molar-refractivity contribution < 1.29 is 19.1 Å². The number of anilines is 1. The van der Waals surface area contributed by atoms with Gasteiger partial charge in [0.1, 0.15) is 5.75 Å². The maximum Gasteiger partial charge on any atom is 0.265 e. The average Bonchev–Trinajstić information content (AvgIpc) is 3.20. The van der Waals surface area contributed by atoms with Crippen molar-refractivity contribution in [1.82, 2.24) is 9.47 Å². The van der Waals surface area contributed by atoms with Gasteiger partial charge in [0, 0.05) is 35.7 Å². The van der Waals surface area contributed by atoms with Crippen LogP contribution in [0.4, 0.5) is 5.69 Å². The van der Waals surface area contributed by atoms with Gasteiger partial charge >= 0.3 is 0 Å². The maximum atomic E-state index is 13.6. The van der Waals surface area contributed by atoms with Gasteiger partial charge in [-0.1, -0.05) is 12.1 Å². The molecule has 33 heavy (non-hydrogen) atoms. The van der Waals surface area contributed by atoms with Crippen molar-refractivity contribution in [3.8, 4) is 11.4 Å². The Morgan fingerprint density at radius 2 is 1.55 bits per heavy atom. The van der Waals surface area contributed by atoms with E-state index in [0.29, 0.717) is 43.3 Å². The van der Waals surface area contributed by atoms with E-state index in [2.05, 4.69) is 30.5 Å². The molecule has 0 saturated carbocycles. The third kappa shape index (κ3) is 4.00. The van der Waals surface area contributed by atoms with Crippen LogP contribution in [0.3, 0.4) is 0 Å². The molecule has 1 fully saturated rings. The van der Waals surface area contributed by atoms with Crippen molar-refractivity contribution in [2.24, 2.45) is 0 Å². The summed E-state index contributed by atoms with van der Waals surface area (Å²) in [5.41, 5.74) is 4.52. The molecule has 170 valence electrons. The topological polar surface area (TPSA) is 64.0 Å². The zero-order valence-electron chi connectivity index (χ0n) is 18.9. The summed E-state index contributed by atoms with van der Waals surface area (Å²) in [5, 5.41) is 0. The van der Waals surface area contributed by atoms with E-state index in [1.807, 2.05) is 42.5 Å². The van der Waals surface area contributed by atoms with Gasteiger partial charge in [-0.05, 0) is 62.4 Å². The molecule has 0 spiro atoms. The number of carbonyl (C=O) groups is 2. The summed E-state index contributed by atoms with van der Waals surface area (Å²) >= 11 is 0. The SMILES string of the molecule is Cc1ccc(C)n1-c1ccc(C(=O)N2C[C@@H](C(=O)N3CCOCC3)Oc3ccccc32)cc1. The third-order valence-electron chi connectivity index (χ3n) is 6.26. The standard InChI is InChI=1S/C26H27N3O4/c1-18-7-8-19(2)29(18)21-11-9-20(10-12-21)25(30)28-17-24(26(31)27-13-15-32-16-14-27)33-23-6-4-3-5-22(23)28/h3-12,24H,13-17H2,1-2H3/t24-/m0/s1. The summed E-state index contributed by atoms with van der Waals surface area (Å²) in [6.45, 7) is 6.39. The fourth-order valence-corrected chi connectivity index (χ4v) is 4.53. The number of nitrogens with zero attached hydrogens (tertiary/aromatic N) is 3. The highest BCUT2D eigenvalue weighted by Crippen LogP contribution is 2.34. The molecule has 1 atom stereocenters. The van der Waals surface area contributed by atoms with Crippen LogP contribution in [0.2, 0.25) is 0 Å². The Hall–Kier alpha value is -3.58. The van der Waals surface area contributed by atoms with Crippen LogP contribution in [0.25, 0.3) is 5.69 Å². The third-order valence-corrected chi connectivity index (χ3v) is 6.26. The van der Waals surface area contributed by atoms with E-state index in [4.69, 9.17) is 9.47 Å². The van der Waals surface area contributed by atoms with E-state index in [1.54, 1.807) is 15.9 Å². The smallest absolute Gasteiger partial charge is 0.265 e. The summed E-state index contributed by atoms with van der Waals surface area (Å²) in [5.74, 6) is 0.274. The van der Waals surface area contributed by atoms with Gasteiger partial charge in [-0.25, -0.2) is 0 Å². The minimum atomic E-state index is -0.744. The number of para-hydroxylation sites is 2. The molecule has 2 aliphatic rings. The van der Waals surface area contributed by atoms with Gasteiger partial charge in [-0.3, -0.25) is 9.59 Å². The molecule has 1 saturated heterocycles. The number of morpholine rings is 1. The molecule has 0 bridgehead atoms. The monoisotopic (exact) mass is 445 g/mol. The molecule has 0 N–H and O–H groups in total. The van der Waals surface area contributed by atoms with Crippen LogP contribution in [0.1, 0.15) is 21.7 Å². The van der Waals surface area contributed by atoms with Crippen molar-refractivity contribution >= 4 is 17.5 Å². The minimum absolute atomic E-state index is 0.112. The van der Waals surface area contributed by atoms with Gasteiger partial charge in [-0.15, -0.1) is 0 Å². The van der Waals surface area contributed by atoms with Crippen LogP contribution in [-0.2, 0) is 9.53 Å². The van der Waals surface area contributed by atoms with E-state index in [0.717, 1.165) is 17.1 Å². The predicted molar refractivity (Wildman–Crippen MR) is 125 cm³/mol. The zero-order chi connectivity index (χ0) is 22.9. The molecular formula is C26H27N3O4. The predicted octanol–water partition coefficient (Wildman–Crippen LogP) is 3.36. The number of aryl methyl sites for hydroxylation is 2. The number of ether oxygens (including phenoxy) is 2. The Bertz CT molecular complexity index is 1160. The quantitative estimate of drug-likeness (QED) is 0.620. The second-order valence-corrected chi connectivity index (χ2v) is 8.43. The summed E-state index contributed by atoms with van der Waals surface area (Å²) in [7, 11) is 0. The zero-order valence-corrected chi connectivity index (χ0v) is 18.9. The van der Waals surface area contributed by atoms with E-state index >= 15 is 0 Å². The molecule has 2 amide bonds. The number of aromatic nitrogens is 1. The molecule has 0 radical (unpaired) electrons. The van der Waals surface area contributed by atoms with Crippen molar-refractivity contribution in [1.29, 1.82) is 0 Å². The van der Waals surface area contributed by atoms with Crippen molar-refractivity contribution in [2.75, 3.05) is 37.7 Å². The van der Waals surface area contributed by atoms with Gasteiger partial charge in [0.2, 0.25) is 0 Å². The number of fused-ring (bicyclic) bond motifs is 1. The maximum absolute atomic E-state index is 13.6. The van der Waals surface area contributed by atoms with Crippen LogP contribution >= 0.6 is 0 Å². The van der Waals surface area contributed by atoms with Crippen LogP contribution in [0, 0.1) is 13.8 Å². The minimum Gasteiger partial charge on any atom is -0.476 e. The Labute approximate surface area is 193 Å². The molecule has 2 aromatic carbocycles. The number of carbonyl (C=O) groups excluding carboxylic acids is 2. The van der Waals surface area contributed by atoms with Gasteiger partial charge in [-0.2, -0.15) is 0 Å².